The molecule has 0 heterocycles. The van der Waals surface area contributed by atoms with E-state index >= 15 is 0 Å². The molecule has 0 saturated carbocycles. The topological polar surface area (TPSA) is 86.8 Å². The first-order valence-electron chi connectivity index (χ1n) is 13.3. The third kappa shape index (κ3) is 7.47. The van der Waals surface area contributed by atoms with E-state index in [0.717, 1.165) is 39.4 Å². The fraction of sp³-hybridized carbons (Fsp3) is 0.355. The lowest BCUT2D eigenvalue weighted by Gasteiger charge is -2.32. The van der Waals surface area contributed by atoms with Gasteiger partial charge in [0.15, 0.2) is 0 Å². The van der Waals surface area contributed by atoms with Crippen molar-refractivity contribution in [3.63, 3.8) is 0 Å². The molecule has 0 bridgehead atoms. The summed E-state index contributed by atoms with van der Waals surface area (Å²) in [6, 6.07) is 20.4. The number of carbonyl (C=O) groups excluding carboxylic acids is 2. The first-order chi connectivity index (χ1) is 18.6. The number of unbranched alkanes of at least 4 members (excludes halogenated alkanes) is 1. The van der Waals surface area contributed by atoms with Gasteiger partial charge in [0.05, 0.1) is 10.6 Å². The zero-order valence-electron chi connectivity index (χ0n) is 23.5. The Morgan fingerprint density at radius 3 is 2.28 bits per heavy atom. The van der Waals surface area contributed by atoms with Gasteiger partial charge in [0.1, 0.15) is 12.6 Å². The van der Waals surface area contributed by atoms with Crippen LogP contribution < -0.4 is 9.62 Å². The molecule has 3 aromatic rings. The van der Waals surface area contributed by atoms with Crippen LogP contribution >= 0.6 is 0 Å². The Morgan fingerprint density at radius 1 is 0.923 bits per heavy atom. The number of nitrogens with zero attached hydrogens (tertiary/aromatic N) is 2. The number of hydrogen-bond donors (Lipinski definition) is 1. The monoisotopic (exact) mass is 549 g/mol. The van der Waals surface area contributed by atoms with Crippen LogP contribution in [-0.4, -0.2) is 44.3 Å². The van der Waals surface area contributed by atoms with Crippen LogP contribution in [0.3, 0.4) is 0 Å². The van der Waals surface area contributed by atoms with Crippen LogP contribution in [0.15, 0.2) is 77.7 Å². The van der Waals surface area contributed by atoms with Crippen molar-refractivity contribution in [1.82, 2.24) is 10.2 Å². The van der Waals surface area contributed by atoms with Gasteiger partial charge in [-0.25, -0.2) is 8.42 Å². The highest BCUT2D eigenvalue weighted by Gasteiger charge is 2.33. The van der Waals surface area contributed by atoms with Crippen molar-refractivity contribution < 1.29 is 18.0 Å². The lowest BCUT2D eigenvalue weighted by molar-refractivity contribution is -0.139. The average Bonchev–Trinajstić information content (AvgIpc) is 2.92. The third-order valence-electron chi connectivity index (χ3n) is 6.89. The first kappa shape index (κ1) is 29.9. The summed E-state index contributed by atoms with van der Waals surface area (Å²) in [7, 11) is -4.08. The van der Waals surface area contributed by atoms with Crippen LogP contribution in [0, 0.1) is 20.8 Å². The Labute approximate surface area is 232 Å². The molecule has 0 aliphatic heterocycles. The largest absolute Gasteiger partial charge is 0.354 e. The molecule has 0 aliphatic carbocycles. The van der Waals surface area contributed by atoms with Crippen molar-refractivity contribution in [2.75, 3.05) is 17.4 Å². The second-order valence-corrected chi connectivity index (χ2v) is 11.7. The summed E-state index contributed by atoms with van der Waals surface area (Å²) in [4.78, 5) is 28.6. The summed E-state index contributed by atoms with van der Waals surface area (Å²) in [6.45, 7) is 9.68. The van der Waals surface area contributed by atoms with Crippen molar-refractivity contribution in [3.05, 3.63) is 95.1 Å². The second kappa shape index (κ2) is 13.4. The first-order valence-corrected chi connectivity index (χ1v) is 14.8. The normalized spacial score (nSPS) is 12.0. The summed E-state index contributed by atoms with van der Waals surface area (Å²) < 4.78 is 29.0. The molecule has 0 fully saturated rings. The Balaban J connectivity index is 2.03. The minimum absolute atomic E-state index is 0.0919. The van der Waals surface area contributed by atoms with Crippen molar-refractivity contribution >= 4 is 27.5 Å². The number of carbonyl (C=O) groups is 2. The Hall–Kier alpha value is -3.65. The SMILES string of the molecule is CCCCNC(=O)[C@@H](C)N(Cc1cccc(C)c1)C(=O)CN(c1cccc(C)c1C)S(=O)(=O)c1ccccc1. The average molecular weight is 550 g/mol. The number of amides is 2. The summed E-state index contributed by atoms with van der Waals surface area (Å²) in [5.41, 5.74) is 4.00. The predicted molar refractivity (Wildman–Crippen MR) is 156 cm³/mol. The molecule has 1 N–H and O–H groups in total. The molecule has 3 rings (SSSR count). The number of hydrogen-bond acceptors (Lipinski definition) is 4. The zero-order valence-corrected chi connectivity index (χ0v) is 24.3. The Kier molecular flexibility index (Phi) is 10.3. The minimum Gasteiger partial charge on any atom is -0.354 e. The minimum atomic E-state index is -4.08. The molecule has 208 valence electrons. The molecule has 0 spiro atoms. The maximum atomic E-state index is 14.0. The number of aryl methyl sites for hydroxylation is 2. The fourth-order valence-corrected chi connectivity index (χ4v) is 5.86. The highest BCUT2D eigenvalue weighted by molar-refractivity contribution is 7.92. The quantitative estimate of drug-likeness (QED) is 0.317. The smallest absolute Gasteiger partial charge is 0.264 e. The molecule has 1 atom stereocenters. The molecule has 8 heteroatoms. The van der Waals surface area contributed by atoms with Gasteiger partial charge in [-0.3, -0.25) is 13.9 Å². The second-order valence-electron chi connectivity index (χ2n) is 9.88. The molecule has 0 saturated heterocycles. The molecular weight excluding hydrogens is 510 g/mol. The van der Waals surface area contributed by atoms with Crippen LogP contribution in [0.4, 0.5) is 5.69 Å². The molecule has 0 radical (unpaired) electrons. The van der Waals surface area contributed by atoms with E-state index in [1.165, 1.54) is 17.0 Å². The molecule has 3 aromatic carbocycles. The molecule has 39 heavy (non-hydrogen) atoms. The summed E-state index contributed by atoms with van der Waals surface area (Å²) in [6.07, 6.45) is 1.77. The number of nitrogens with one attached hydrogen (secondary N) is 1. The van der Waals surface area contributed by atoms with E-state index in [1.807, 2.05) is 58.0 Å². The maximum absolute atomic E-state index is 14.0. The molecule has 0 aliphatic rings. The van der Waals surface area contributed by atoms with Gasteiger partial charge in [0.2, 0.25) is 11.8 Å². The van der Waals surface area contributed by atoms with E-state index in [2.05, 4.69) is 5.32 Å². The van der Waals surface area contributed by atoms with Crippen molar-refractivity contribution in [1.29, 1.82) is 0 Å². The molecule has 7 nitrogen and oxygen atoms in total. The van der Waals surface area contributed by atoms with Crippen LogP contribution in [0.5, 0.6) is 0 Å². The van der Waals surface area contributed by atoms with Gasteiger partial charge in [-0.05, 0) is 69.0 Å². The van der Waals surface area contributed by atoms with Gasteiger partial charge in [0, 0.05) is 13.1 Å². The molecule has 0 aromatic heterocycles. The third-order valence-corrected chi connectivity index (χ3v) is 8.66. The van der Waals surface area contributed by atoms with Gasteiger partial charge in [-0.2, -0.15) is 0 Å². The summed E-state index contributed by atoms with van der Waals surface area (Å²) in [5.74, 6) is -0.733. The molecular formula is C31H39N3O4S. The van der Waals surface area contributed by atoms with Gasteiger partial charge >= 0.3 is 0 Å². The fourth-order valence-electron chi connectivity index (χ4n) is 4.36. The van der Waals surface area contributed by atoms with Gasteiger partial charge in [-0.1, -0.05) is 73.5 Å². The number of anilines is 1. The van der Waals surface area contributed by atoms with E-state index < -0.39 is 28.5 Å². The number of benzene rings is 3. The van der Waals surface area contributed by atoms with Crippen molar-refractivity contribution in [2.45, 2.75) is 64.9 Å². The van der Waals surface area contributed by atoms with Gasteiger partial charge in [-0.15, -0.1) is 0 Å². The number of rotatable bonds is 12. The molecule has 2 amide bonds. The number of sulfonamides is 1. The van der Waals surface area contributed by atoms with E-state index in [9.17, 15) is 18.0 Å². The Morgan fingerprint density at radius 2 is 1.62 bits per heavy atom. The van der Waals surface area contributed by atoms with Crippen LogP contribution in [0.25, 0.3) is 0 Å². The van der Waals surface area contributed by atoms with E-state index in [1.54, 1.807) is 37.3 Å². The summed E-state index contributed by atoms with van der Waals surface area (Å²) >= 11 is 0. The van der Waals surface area contributed by atoms with E-state index in [0.29, 0.717) is 12.2 Å². The molecule has 0 unspecified atom stereocenters. The van der Waals surface area contributed by atoms with Crippen LogP contribution in [-0.2, 0) is 26.2 Å². The lowest BCUT2D eigenvalue weighted by atomic mass is 10.1. The van der Waals surface area contributed by atoms with Crippen molar-refractivity contribution in [3.8, 4) is 0 Å². The predicted octanol–water partition coefficient (Wildman–Crippen LogP) is 5.14. The van der Waals surface area contributed by atoms with Crippen LogP contribution in [0.2, 0.25) is 0 Å². The van der Waals surface area contributed by atoms with Crippen LogP contribution in [0.1, 0.15) is 48.9 Å². The summed E-state index contributed by atoms with van der Waals surface area (Å²) in [5, 5.41) is 2.91. The van der Waals surface area contributed by atoms with E-state index in [4.69, 9.17) is 0 Å². The lowest BCUT2D eigenvalue weighted by Crippen LogP contribution is -2.51. The van der Waals surface area contributed by atoms with Gasteiger partial charge < -0.3 is 10.2 Å². The Bertz CT molecular complexity index is 1390. The van der Waals surface area contributed by atoms with Gasteiger partial charge in [0.25, 0.3) is 10.0 Å². The van der Waals surface area contributed by atoms with Crippen molar-refractivity contribution in [2.24, 2.45) is 0 Å². The highest BCUT2D eigenvalue weighted by Crippen LogP contribution is 2.29. The zero-order chi connectivity index (χ0) is 28.6. The highest BCUT2D eigenvalue weighted by atomic mass is 32.2. The van der Waals surface area contributed by atoms with E-state index in [-0.39, 0.29) is 17.3 Å². The maximum Gasteiger partial charge on any atom is 0.264 e. The standard InChI is InChI=1S/C31H39N3O4S/c1-6-7-19-32-31(36)26(5)33(21-27-15-11-13-23(2)20-27)30(35)22-34(29-18-12-14-24(3)25(29)4)39(37,38)28-16-9-8-10-17-28/h8-18,20,26H,6-7,19,21-22H2,1-5H3,(H,32,36)/t26-/m1/s1.